The first-order valence-corrected chi connectivity index (χ1v) is 6.17. The van der Waals surface area contributed by atoms with Gasteiger partial charge in [-0.2, -0.15) is 0 Å². The van der Waals surface area contributed by atoms with Gasteiger partial charge in [0.15, 0.2) is 6.61 Å². The lowest BCUT2D eigenvalue weighted by Gasteiger charge is -2.15. The molecule has 0 aliphatic heterocycles. The fourth-order valence-electron chi connectivity index (χ4n) is 1.83. The highest BCUT2D eigenvalue weighted by atomic mass is 16.5. The van der Waals surface area contributed by atoms with Crippen LogP contribution in [-0.2, 0) is 4.79 Å². The fourth-order valence-corrected chi connectivity index (χ4v) is 1.83. The van der Waals surface area contributed by atoms with Crippen LogP contribution in [0.5, 0.6) is 5.75 Å². The minimum absolute atomic E-state index is 0.00220. The number of rotatable bonds is 5. The topological polar surface area (TPSA) is 58.6 Å². The van der Waals surface area contributed by atoms with Crippen LogP contribution in [0.25, 0.3) is 0 Å². The molecule has 1 amide bonds. The molecule has 1 aliphatic rings. The Kier molecular flexibility index (Phi) is 3.57. The summed E-state index contributed by atoms with van der Waals surface area (Å²) >= 11 is 0. The standard InChI is InChI=1S/C14H19NO3/c1-10-4-3-5-12(11(10)2)18-8-13(17)15-14(9-16)6-7-14/h3-5,16H,6-9H2,1-2H3,(H,15,17). The Morgan fingerprint density at radius 2 is 2.17 bits per heavy atom. The predicted octanol–water partition coefficient (Wildman–Crippen LogP) is 1.32. The maximum absolute atomic E-state index is 11.7. The van der Waals surface area contributed by atoms with Gasteiger partial charge in [0.25, 0.3) is 5.91 Å². The van der Waals surface area contributed by atoms with Crippen molar-refractivity contribution in [1.82, 2.24) is 5.32 Å². The zero-order valence-electron chi connectivity index (χ0n) is 10.8. The van der Waals surface area contributed by atoms with Crippen molar-refractivity contribution in [3.05, 3.63) is 29.3 Å². The Labute approximate surface area is 107 Å². The van der Waals surface area contributed by atoms with Crippen LogP contribution in [0.2, 0.25) is 0 Å². The molecule has 1 fully saturated rings. The Morgan fingerprint density at radius 3 is 2.78 bits per heavy atom. The number of aryl methyl sites for hydroxylation is 1. The van der Waals surface area contributed by atoms with E-state index in [1.54, 1.807) is 0 Å². The molecule has 0 spiro atoms. The summed E-state index contributed by atoms with van der Waals surface area (Å²) in [5.74, 6) is 0.557. The molecule has 4 heteroatoms. The normalized spacial score (nSPS) is 16.2. The van der Waals surface area contributed by atoms with Gasteiger partial charge < -0.3 is 15.2 Å². The molecular weight excluding hydrogens is 230 g/mol. The highest BCUT2D eigenvalue weighted by Crippen LogP contribution is 2.34. The number of aliphatic hydroxyl groups excluding tert-OH is 1. The summed E-state index contributed by atoms with van der Waals surface area (Å²) in [5, 5.41) is 11.9. The molecule has 2 rings (SSSR count). The van der Waals surface area contributed by atoms with Gasteiger partial charge in [-0.1, -0.05) is 12.1 Å². The second kappa shape index (κ2) is 4.98. The first-order valence-electron chi connectivity index (χ1n) is 6.17. The summed E-state index contributed by atoms with van der Waals surface area (Å²) in [4.78, 5) is 11.7. The highest BCUT2D eigenvalue weighted by Gasteiger charge is 2.43. The van der Waals surface area contributed by atoms with Crippen molar-refractivity contribution >= 4 is 5.91 Å². The van der Waals surface area contributed by atoms with E-state index in [0.29, 0.717) is 0 Å². The number of aliphatic hydroxyl groups is 1. The van der Waals surface area contributed by atoms with Crippen LogP contribution in [0.15, 0.2) is 18.2 Å². The second-order valence-corrected chi connectivity index (χ2v) is 4.97. The average molecular weight is 249 g/mol. The number of hydrogen-bond acceptors (Lipinski definition) is 3. The molecule has 1 saturated carbocycles. The molecule has 0 saturated heterocycles. The molecule has 0 atom stereocenters. The van der Waals surface area contributed by atoms with Gasteiger partial charge in [-0.25, -0.2) is 0 Å². The number of ether oxygens (including phenoxy) is 1. The molecule has 0 heterocycles. The number of amides is 1. The lowest BCUT2D eigenvalue weighted by Crippen LogP contribution is -2.42. The van der Waals surface area contributed by atoms with Gasteiger partial charge in [0.2, 0.25) is 0 Å². The lowest BCUT2D eigenvalue weighted by molar-refractivity contribution is -0.124. The van der Waals surface area contributed by atoms with Gasteiger partial charge in [0, 0.05) is 0 Å². The van der Waals surface area contributed by atoms with Crippen molar-refractivity contribution in [2.24, 2.45) is 0 Å². The van der Waals surface area contributed by atoms with Crippen LogP contribution in [0.4, 0.5) is 0 Å². The van der Waals surface area contributed by atoms with E-state index in [1.807, 2.05) is 32.0 Å². The molecule has 1 aromatic rings. The number of hydrogen-bond donors (Lipinski definition) is 2. The van der Waals surface area contributed by atoms with Crippen LogP contribution < -0.4 is 10.1 Å². The smallest absolute Gasteiger partial charge is 0.258 e. The third-order valence-corrected chi connectivity index (χ3v) is 3.47. The van der Waals surface area contributed by atoms with E-state index in [1.165, 1.54) is 0 Å². The number of nitrogens with one attached hydrogen (secondary N) is 1. The van der Waals surface area contributed by atoms with Crippen LogP contribution in [0, 0.1) is 13.8 Å². The maximum Gasteiger partial charge on any atom is 0.258 e. The minimum Gasteiger partial charge on any atom is -0.483 e. The van der Waals surface area contributed by atoms with Gasteiger partial charge in [-0.3, -0.25) is 4.79 Å². The molecule has 0 bridgehead atoms. The quantitative estimate of drug-likeness (QED) is 0.827. The summed E-state index contributed by atoms with van der Waals surface area (Å²) in [6.45, 7) is 3.97. The SMILES string of the molecule is Cc1cccc(OCC(=O)NC2(CO)CC2)c1C. The van der Waals surface area contributed by atoms with Crippen molar-refractivity contribution in [2.75, 3.05) is 13.2 Å². The van der Waals surface area contributed by atoms with Gasteiger partial charge in [-0.05, 0) is 43.9 Å². The Morgan fingerprint density at radius 1 is 1.44 bits per heavy atom. The highest BCUT2D eigenvalue weighted by molar-refractivity contribution is 5.78. The van der Waals surface area contributed by atoms with E-state index in [4.69, 9.17) is 9.84 Å². The van der Waals surface area contributed by atoms with Crippen molar-refractivity contribution in [1.29, 1.82) is 0 Å². The Hall–Kier alpha value is -1.55. The predicted molar refractivity (Wildman–Crippen MR) is 68.6 cm³/mol. The molecule has 0 unspecified atom stereocenters. The summed E-state index contributed by atoms with van der Waals surface area (Å²) in [5.41, 5.74) is 1.82. The van der Waals surface area contributed by atoms with Crippen LogP contribution in [-0.4, -0.2) is 29.8 Å². The minimum atomic E-state index is -0.373. The van der Waals surface area contributed by atoms with Crippen molar-refractivity contribution in [3.63, 3.8) is 0 Å². The summed E-state index contributed by atoms with van der Waals surface area (Å²) in [7, 11) is 0. The summed E-state index contributed by atoms with van der Waals surface area (Å²) < 4.78 is 5.50. The van der Waals surface area contributed by atoms with Gasteiger partial charge in [0.05, 0.1) is 12.1 Å². The number of carbonyl (C=O) groups excluding carboxylic acids is 1. The number of benzene rings is 1. The third-order valence-electron chi connectivity index (χ3n) is 3.47. The van der Waals surface area contributed by atoms with Crippen molar-refractivity contribution in [2.45, 2.75) is 32.2 Å². The van der Waals surface area contributed by atoms with E-state index in [9.17, 15) is 4.79 Å². The maximum atomic E-state index is 11.7. The van der Waals surface area contributed by atoms with E-state index < -0.39 is 0 Å². The van der Waals surface area contributed by atoms with Gasteiger partial charge in [0.1, 0.15) is 5.75 Å². The Bertz CT molecular complexity index is 452. The zero-order valence-corrected chi connectivity index (χ0v) is 10.8. The van der Waals surface area contributed by atoms with E-state index in [-0.39, 0.29) is 24.7 Å². The molecule has 0 aromatic heterocycles. The molecule has 0 radical (unpaired) electrons. The van der Waals surface area contributed by atoms with Crippen molar-refractivity contribution < 1.29 is 14.6 Å². The average Bonchev–Trinajstić information content (AvgIpc) is 3.11. The monoisotopic (exact) mass is 249 g/mol. The van der Waals surface area contributed by atoms with Gasteiger partial charge >= 0.3 is 0 Å². The molecular formula is C14H19NO3. The molecule has 4 nitrogen and oxygen atoms in total. The Balaban J connectivity index is 1.88. The summed E-state index contributed by atoms with van der Waals surface area (Å²) in [6.07, 6.45) is 1.69. The fraction of sp³-hybridized carbons (Fsp3) is 0.500. The van der Waals surface area contributed by atoms with Crippen molar-refractivity contribution in [3.8, 4) is 5.75 Å². The van der Waals surface area contributed by atoms with Gasteiger partial charge in [-0.15, -0.1) is 0 Å². The first-order chi connectivity index (χ1) is 8.56. The number of carbonyl (C=O) groups is 1. The molecule has 98 valence electrons. The molecule has 1 aromatic carbocycles. The van der Waals surface area contributed by atoms with Crippen LogP contribution in [0.3, 0.4) is 0 Å². The molecule has 1 aliphatic carbocycles. The van der Waals surface area contributed by atoms with E-state index >= 15 is 0 Å². The molecule has 2 N–H and O–H groups in total. The van der Waals surface area contributed by atoms with E-state index in [0.717, 1.165) is 29.7 Å². The molecule has 18 heavy (non-hydrogen) atoms. The lowest BCUT2D eigenvalue weighted by atomic mass is 10.1. The van der Waals surface area contributed by atoms with Crippen LogP contribution in [0.1, 0.15) is 24.0 Å². The zero-order chi connectivity index (χ0) is 13.2. The first kappa shape index (κ1) is 12.9. The van der Waals surface area contributed by atoms with Crippen LogP contribution >= 0.6 is 0 Å². The second-order valence-electron chi connectivity index (χ2n) is 4.97. The third kappa shape index (κ3) is 2.82. The summed E-state index contributed by atoms with van der Waals surface area (Å²) in [6, 6.07) is 5.77. The largest absolute Gasteiger partial charge is 0.483 e. The van der Waals surface area contributed by atoms with E-state index in [2.05, 4.69) is 5.32 Å².